The highest BCUT2D eigenvalue weighted by atomic mass is 35.5. The van der Waals surface area contributed by atoms with Gasteiger partial charge in [0.05, 0.1) is 5.38 Å². The second kappa shape index (κ2) is 6.95. The van der Waals surface area contributed by atoms with Crippen LogP contribution in [0.1, 0.15) is 46.5 Å². The van der Waals surface area contributed by atoms with Crippen molar-refractivity contribution in [1.29, 1.82) is 0 Å². The average molecular weight is 287 g/mol. The maximum atomic E-state index is 6.59. The molecule has 0 radical (unpaired) electrons. The minimum absolute atomic E-state index is 0.0474. The number of hydrogen-bond donors (Lipinski definition) is 0. The number of halogens is 1. The second-order valence-corrected chi connectivity index (χ2v) is 6.12. The number of aryl methyl sites for hydroxylation is 3. The summed E-state index contributed by atoms with van der Waals surface area (Å²) in [7, 11) is 0. The number of rotatable bonds is 5. The highest BCUT2D eigenvalue weighted by Gasteiger charge is 2.10. The summed E-state index contributed by atoms with van der Waals surface area (Å²) in [4.78, 5) is 0. The molecule has 2 rings (SSSR count). The van der Waals surface area contributed by atoms with Crippen LogP contribution in [0.25, 0.3) is 0 Å². The van der Waals surface area contributed by atoms with Crippen molar-refractivity contribution in [3.8, 4) is 0 Å². The summed E-state index contributed by atoms with van der Waals surface area (Å²) < 4.78 is 0. The van der Waals surface area contributed by atoms with Gasteiger partial charge in [-0.05, 0) is 48.9 Å². The Morgan fingerprint density at radius 3 is 2.35 bits per heavy atom. The first-order chi connectivity index (χ1) is 9.60. The molecule has 0 aromatic heterocycles. The van der Waals surface area contributed by atoms with E-state index in [-0.39, 0.29) is 5.38 Å². The lowest BCUT2D eigenvalue weighted by molar-refractivity contribution is 0.896. The Balaban J connectivity index is 2.11. The lowest BCUT2D eigenvalue weighted by atomic mass is 9.97. The molecule has 0 saturated carbocycles. The highest BCUT2D eigenvalue weighted by Crippen LogP contribution is 2.27. The molecule has 0 heterocycles. The van der Waals surface area contributed by atoms with Crippen molar-refractivity contribution in [2.75, 3.05) is 0 Å². The summed E-state index contributed by atoms with van der Waals surface area (Å²) in [5, 5.41) is 0.0474. The summed E-state index contributed by atoms with van der Waals surface area (Å²) in [5.74, 6) is 0. The van der Waals surface area contributed by atoms with Crippen molar-refractivity contribution in [3.05, 3.63) is 70.3 Å². The smallest absolute Gasteiger partial charge is 0.0625 e. The van der Waals surface area contributed by atoms with Crippen LogP contribution in [-0.4, -0.2) is 0 Å². The van der Waals surface area contributed by atoms with Gasteiger partial charge in [0.1, 0.15) is 0 Å². The zero-order valence-electron chi connectivity index (χ0n) is 12.6. The minimum atomic E-state index is 0.0474. The molecule has 0 bridgehead atoms. The number of hydrogen-bond acceptors (Lipinski definition) is 0. The van der Waals surface area contributed by atoms with Gasteiger partial charge in [0.25, 0.3) is 0 Å². The van der Waals surface area contributed by atoms with Gasteiger partial charge in [-0.1, -0.05) is 61.4 Å². The van der Waals surface area contributed by atoms with Crippen LogP contribution in [0.5, 0.6) is 0 Å². The zero-order chi connectivity index (χ0) is 14.5. The Kier molecular flexibility index (Phi) is 5.25. The molecule has 20 heavy (non-hydrogen) atoms. The monoisotopic (exact) mass is 286 g/mol. The normalized spacial score (nSPS) is 12.4. The maximum absolute atomic E-state index is 6.59. The van der Waals surface area contributed by atoms with Crippen LogP contribution in [0.4, 0.5) is 0 Å². The van der Waals surface area contributed by atoms with Gasteiger partial charge in [0.2, 0.25) is 0 Å². The van der Waals surface area contributed by atoms with Gasteiger partial charge < -0.3 is 0 Å². The van der Waals surface area contributed by atoms with Crippen LogP contribution >= 0.6 is 11.6 Å². The minimum Gasteiger partial charge on any atom is -0.117 e. The third kappa shape index (κ3) is 3.86. The predicted octanol–water partition coefficient (Wildman–Crippen LogP) is 5.78. The third-order valence-corrected chi connectivity index (χ3v) is 4.19. The molecule has 2 aromatic carbocycles. The van der Waals surface area contributed by atoms with Crippen molar-refractivity contribution in [3.63, 3.8) is 0 Å². The van der Waals surface area contributed by atoms with E-state index in [4.69, 9.17) is 11.6 Å². The fourth-order valence-corrected chi connectivity index (χ4v) is 2.82. The van der Waals surface area contributed by atoms with Crippen molar-refractivity contribution in [1.82, 2.24) is 0 Å². The summed E-state index contributed by atoms with van der Waals surface area (Å²) in [5.41, 5.74) is 6.58. The van der Waals surface area contributed by atoms with E-state index < -0.39 is 0 Å². The molecule has 0 N–H and O–H groups in total. The molecule has 0 saturated heterocycles. The molecule has 0 aliphatic carbocycles. The standard InChI is InChI=1S/C19H23Cl/c1-4-5-16-8-10-17(11-9-16)19(20)13-18-12-14(2)6-7-15(18)3/h6-12,19H,4-5,13H2,1-3H3. The van der Waals surface area contributed by atoms with E-state index in [2.05, 4.69) is 63.2 Å². The van der Waals surface area contributed by atoms with Crippen molar-refractivity contribution in [2.24, 2.45) is 0 Å². The molecule has 1 heteroatoms. The fourth-order valence-electron chi connectivity index (χ4n) is 2.51. The van der Waals surface area contributed by atoms with Gasteiger partial charge in [-0.3, -0.25) is 0 Å². The Morgan fingerprint density at radius 1 is 1.00 bits per heavy atom. The summed E-state index contributed by atoms with van der Waals surface area (Å²) in [6.07, 6.45) is 3.22. The van der Waals surface area contributed by atoms with Gasteiger partial charge in [-0.2, -0.15) is 0 Å². The summed E-state index contributed by atoms with van der Waals surface area (Å²) in [6, 6.07) is 15.3. The van der Waals surface area contributed by atoms with Crippen LogP contribution in [0.2, 0.25) is 0 Å². The molecule has 0 nitrogen and oxygen atoms in total. The molecule has 1 unspecified atom stereocenters. The Labute approximate surface area is 127 Å². The van der Waals surface area contributed by atoms with E-state index in [1.165, 1.54) is 34.2 Å². The number of alkyl halides is 1. The van der Waals surface area contributed by atoms with Gasteiger partial charge >= 0.3 is 0 Å². The largest absolute Gasteiger partial charge is 0.117 e. The van der Waals surface area contributed by atoms with Gasteiger partial charge in [-0.15, -0.1) is 11.6 Å². The molecule has 1 atom stereocenters. The van der Waals surface area contributed by atoms with E-state index in [1.807, 2.05) is 0 Å². The third-order valence-electron chi connectivity index (χ3n) is 3.78. The lowest BCUT2D eigenvalue weighted by Crippen LogP contribution is -1.99. The van der Waals surface area contributed by atoms with Gasteiger partial charge in [-0.25, -0.2) is 0 Å². The SMILES string of the molecule is CCCc1ccc(C(Cl)Cc2cc(C)ccc2C)cc1. The Bertz CT molecular complexity index is 554. The Hall–Kier alpha value is -1.27. The molecule has 0 fully saturated rings. The van der Waals surface area contributed by atoms with Crippen LogP contribution in [0, 0.1) is 13.8 Å². The van der Waals surface area contributed by atoms with Crippen LogP contribution in [0.3, 0.4) is 0 Å². The zero-order valence-corrected chi connectivity index (χ0v) is 13.4. The van der Waals surface area contributed by atoms with E-state index in [0.29, 0.717) is 0 Å². The average Bonchev–Trinajstić information content (AvgIpc) is 2.44. The molecular weight excluding hydrogens is 264 g/mol. The van der Waals surface area contributed by atoms with Crippen LogP contribution in [0.15, 0.2) is 42.5 Å². The first kappa shape index (κ1) is 15.1. The molecule has 2 aromatic rings. The maximum Gasteiger partial charge on any atom is 0.0625 e. The fraction of sp³-hybridized carbons (Fsp3) is 0.368. The lowest BCUT2D eigenvalue weighted by Gasteiger charge is -2.13. The molecule has 0 aliphatic rings. The topological polar surface area (TPSA) is 0 Å². The second-order valence-electron chi connectivity index (χ2n) is 5.59. The quantitative estimate of drug-likeness (QED) is 0.611. The van der Waals surface area contributed by atoms with E-state index in [0.717, 1.165) is 12.8 Å². The van der Waals surface area contributed by atoms with Crippen LogP contribution in [-0.2, 0) is 12.8 Å². The molecule has 0 amide bonds. The summed E-state index contributed by atoms with van der Waals surface area (Å²) in [6.45, 7) is 6.49. The predicted molar refractivity (Wildman–Crippen MR) is 88.7 cm³/mol. The summed E-state index contributed by atoms with van der Waals surface area (Å²) >= 11 is 6.59. The van der Waals surface area contributed by atoms with Crippen LogP contribution < -0.4 is 0 Å². The van der Waals surface area contributed by atoms with Gasteiger partial charge in [0, 0.05) is 0 Å². The highest BCUT2D eigenvalue weighted by molar-refractivity contribution is 6.20. The van der Waals surface area contributed by atoms with Crippen molar-refractivity contribution in [2.45, 2.75) is 45.4 Å². The molecule has 0 aliphatic heterocycles. The first-order valence-electron chi connectivity index (χ1n) is 7.39. The van der Waals surface area contributed by atoms with Crippen molar-refractivity contribution >= 4 is 11.6 Å². The van der Waals surface area contributed by atoms with Crippen molar-refractivity contribution < 1.29 is 0 Å². The van der Waals surface area contributed by atoms with E-state index >= 15 is 0 Å². The molecule has 106 valence electrons. The number of benzene rings is 2. The molecular formula is C19H23Cl. The first-order valence-corrected chi connectivity index (χ1v) is 7.83. The molecule has 0 spiro atoms. The van der Waals surface area contributed by atoms with Gasteiger partial charge in [0.15, 0.2) is 0 Å². The van der Waals surface area contributed by atoms with E-state index in [1.54, 1.807) is 0 Å². The van der Waals surface area contributed by atoms with E-state index in [9.17, 15) is 0 Å². The Morgan fingerprint density at radius 2 is 1.70 bits per heavy atom.